The van der Waals surface area contributed by atoms with E-state index in [0.717, 1.165) is 17.7 Å². The molecule has 5 fully saturated rings. The van der Waals surface area contributed by atoms with Crippen LogP contribution in [0.2, 0.25) is 0 Å². The van der Waals surface area contributed by atoms with E-state index in [-0.39, 0.29) is 53.1 Å². The Morgan fingerprint density at radius 1 is 1.12 bits per heavy atom. The van der Waals surface area contributed by atoms with Crippen molar-refractivity contribution in [3.63, 3.8) is 0 Å². The summed E-state index contributed by atoms with van der Waals surface area (Å²) in [6.45, 7) is 0.101. The molecule has 178 valence electrons. The number of aliphatic hydroxyl groups excluding tert-OH is 1. The number of carbonyl (C=O) groups excluding carboxylic acids is 2. The van der Waals surface area contributed by atoms with Crippen LogP contribution in [0.3, 0.4) is 0 Å². The van der Waals surface area contributed by atoms with Gasteiger partial charge in [0, 0.05) is 11.6 Å². The minimum Gasteiger partial charge on any atom is -0.497 e. The van der Waals surface area contributed by atoms with E-state index >= 15 is 0 Å². The Kier molecular flexibility index (Phi) is 5.33. The number of aliphatic hydroxyl groups is 1. The molecule has 4 saturated carbocycles. The highest BCUT2D eigenvalue weighted by molar-refractivity contribution is 9.09. The number of ether oxygens (including phenoxy) is 3. The Bertz CT molecular complexity index is 1110. The van der Waals surface area contributed by atoms with Crippen LogP contribution in [0.5, 0.6) is 11.5 Å². The normalized spacial score (nSPS) is 35.2. The summed E-state index contributed by atoms with van der Waals surface area (Å²) in [6.07, 6.45) is 0.240. The van der Waals surface area contributed by atoms with Crippen molar-refractivity contribution in [2.45, 2.75) is 23.5 Å². The number of methoxy groups -OCH3 is 1. The zero-order chi connectivity index (χ0) is 23.6. The van der Waals surface area contributed by atoms with E-state index in [0.29, 0.717) is 23.3 Å². The predicted octanol–water partition coefficient (Wildman–Crippen LogP) is 3.56. The van der Waals surface area contributed by atoms with E-state index in [1.807, 2.05) is 0 Å². The molecule has 1 aliphatic heterocycles. The molecule has 7 rings (SSSR count). The summed E-state index contributed by atoms with van der Waals surface area (Å²) >= 11 is 3.75. The molecule has 1 heterocycles. The summed E-state index contributed by atoms with van der Waals surface area (Å²) in [4.78, 5) is 25.9. The van der Waals surface area contributed by atoms with Gasteiger partial charge in [0.1, 0.15) is 30.3 Å². The molecular formula is C26H26BrNO6. The fraction of sp³-hybridized carbons (Fsp3) is 0.462. The third-order valence-electron chi connectivity index (χ3n) is 8.01. The minimum absolute atomic E-state index is 0.0487. The van der Waals surface area contributed by atoms with E-state index in [9.17, 15) is 14.7 Å². The number of carbonyl (C=O) groups is 2. The molecule has 34 heavy (non-hydrogen) atoms. The van der Waals surface area contributed by atoms with Crippen LogP contribution in [0.25, 0.3) is 0 Å². The monoisotopic (exact) mass is 527 g/mol. The van der Waals surface area contributed by atoms with Gasteiger partial charge in [-0.3, -0.25) is 9.59 Å². The average Bonchev–Trinajstić information content (AvgIpc) is 3.60. The summed E-state index contributed by atoms with van der Waals surface area (Å²) in [6, 6.07) is 14.2. The second kappa shape index (κ2) is 8.27. The highest BCUT2D eigenvalue weighted by atomic mass is 79.9. The van der Waals surface area contributed by atoms with Crippen LogP contribution in [0.1, 0.15) is 18.1 Å². The predicted molar refractivity (Wildman–Crippen MR) is 127 cm³/mol. The number of alkyl halides is 1. The van der Waals surface area contributed by atoms with Crippen LogP contribution < -0.4 is 14.8 Å². The molecular weight excluding hydrogens is 502 g/mol. The van der Waals surface area contributed by atoms with Crippen LogP contribution in [-0.2, 0) is 14.3 Å². The van der Waals surface area contributed by atoms with E-state index in [1.165, 1.54) is 0 Å². The maximum atomic E-state index is 13.3. The lowest BCUT2D eigenvalue weighted by molar-refractivity contribution is -0.145. The Labute approximate surface area is 205 Å². The lowest BCUT2D eigenvalue weighted by Gasteiger charge is -2.46. The zero-order valence-electron chi connectivity index (χ0n) is 18.6. The highest BCUT2D eigenvalue weighted by Gasteiger charge is 2.74. The van der Waals surface area contributed by atoms with Gasteiger partial charge in [0.25, 0.3) is 0 Å². The first kappa shape index (κ1) is 21.9. The molecule has 4 bridgehead atoms. The first-order valence-corrected chi connectivity index (χ1v) is 12.6. The number of benzene rings is 2. The zero-order valence-corrected chi connectivity index (χ0v) is 20.2. The average molecular weight is 528 g/mol. The highest BCUT2D eigenvalue weighted by Crippen LogP contribution is 2.70. The molecule has 0 spiro atoms. The van der Waals surface area contributed by atoms with Gasteiger partial charge >= 0.3 is 5.97 Å². The smallest absolute Gasteiger partial charge is 0.310 e. The quantitative estimate of drug-likeness (QED) is 0.422. The Balaban J connectivity index is 1.08. The van der Waals surface area contributed by atoms with Crippen LogP contribution in [-0.4, -0.2) is 41.6 Å². The van der Waals surface area contributed by atoms with Crippen LogP contribution in [0.15, 0.2) is 48.5 Å². The molecule has 0 aromatic heterocycles. The summed E-state index contributed by atoms with van der Waals surface area (Å²) < 4.78 is 16.5. The minimum atomic E-state index is -0.773. The summed E-state index contributed by atoms with van der Waals surface area (Å²) in [5.74, 6) is 1.65. The maximum absolute atomic E-state index is 13.3. The van der Waals surface area contributed by atoms with Gasteiger partial charge in [-0.15, -0.1) is 0 Å². The topological polar surface area (TPSA) is 94.1 Å². The molecule has 0 radical (unpaired) electrons. The van der Waals surface area contributed by atoms with Crippen molar-refractivity contribution in [1.82, 2.24) is 0 Å². The summed E-state index contributed by atoms with van der Waals surface area (Å²) in [5, 5.41) is 13.4. The third kappa shape index (κ3) is 3.50. The maximum Gasteiger partial charge on any atom is 0.310 e. The van der Waals surface area contributed by atoms with Gasteiger partial charge in [0.15, 0.2) is 0 Å². The molecule has 9 atom stereocenters. The van der Waals surface area contributed by atoms with Gasteiger partial charge < -0.3 is 24.6 Å². The van der Waals surface area contributed by atoms with Crippen molar-refractivity contribution in [3.8, 4) is 11.5 Å². The largest absolute Gasteiger partial charge is 0.497 e. The van der Waals surface area contributed by atoms with Gasteiger partial charge in [-0.2, -0.15) is 0 Å². The van der Waals surface area contributed by atoms with Crippen LogP contribution >= 0.6 is 15.9 Å². The Hall–Kier alpha value is -2.58. The Morgan fingerprint density at radius 3 is 2.50 bits per heavy atom. The number of rotatable bonds is 7. The van der Waals surface area contributed by atoms with Gasteiger partial charge in [-0.1, -0.05) is 28.1 Å². The van der Waals surface area contributed by atoms with Crippen molar-refractivity contribution in [1.29, 1.82) is 0 Å². The number of hydrogen-bond acceptors (Lipinski definition) is 6. The number of amides is 1. The SMILES string of the molecule is COc1ccc(C(O)COc2ccc(NC(=O)[C@@H]3[C@@H]4C(=O)O[C@@H]5[C@@H](Br)[C@H]3C3CC3[C@@H]54)cc2)cc1. The lowest BCUT2D eigenvalue weighted by Crippen LogP contribution is -2.55. The van der Waals surface area contributed by atoms with Crippen molar-refractivity contribution in [3.05, 3.63) is 54.1 Å². The number of anilines is 1. The first-order chi connectivity index (χ1) is 16.5. The summed E-state index contributed by atoms with van der Waals surface area (Å²) in [5.41, 5.74) is 1.39. The number of nitrogens with one attached hydrogen (secondary N) is 1. The van der Waals surface area contributed by atoms with E-state index in [1.54, 1.807) is 55.6 Å². The second-order valence-electron chi connectivity index (χ2n) is 9.73. The van der Waals surface area contributed by atoms with Crippen molar-refractivity contribution >= 4 is 33.5 Å². The molecule has 2 aromatic rings. The molecule has 2 N–H and O–H groups in total. The Morgan fingerprint density at radius 2 is 1.79 bits per heavy atom. The number of esters is 1. The molecule has 1 amide bonds. The van der Waals surface area contributed by atoms with Crippen molar-refractivity contribution in [2.75, 3.05) is 19.0 Å². The van der Waals surface area contributed by atoms with E-state index in [2.05, 4.69) is 21.2 Å². The molecule has 8 heteroatoms. The molecule has 7 nitrogen and oxygen atoms in total. The van der Waals surface area contributed by atoms with E-state index < -0.39 is 6.10 Å². The van der Waals surface area contributed by atoms with Gasteiger partial charge in [0.05, 0.1) is 23.8 Å². The number of hydrogen-bond donors (Lipinski definition) is 2. The van der Waals surface area contributed by atoms with Gasteiger partial charge in [-0.05, 0) is 66.1 Å². The molecule has 1 saturated heterocycles. The molecule has 3 unspecified atom stereocenters. The lowest BCUT2D eigenvalue weighted by atomic mass is 9.58. The van der Waals surface area contributed by atoms with Gasteiger partial charge in [0.2, 0.25) is 5.91 Å². The fourth-order valence-corrected chi connectivity index (χ4v) is 7.58. The van der Waals surface area contributed by atoms with Crippen LogP contribution in [0.4, 0.5) is 5.69 Å². The summed E-state index contributed by atoms with van der Waals surface area (Å²) in [7, 11) is 1.60. The molecule has 2 aromatic carbocycles. The standard InChI is InChI=1S/C26H26BrNO6/c1-32-14-6-2-12(3-7-14)18(29)11-33-15-8-4-13(5-9-15)28-25(30)21-19-16-10-17(16)20-22(21)26(31)34-24(20)23(19)27/h2-9,16-24,29H,10-11H2,1H3,(H,28,30)/t16?,17?,18?,19-,20+,21-,22+,23-,24-/m0/s1. The fourth-order valence-electron chi connectivity index (χ4n) is 6.40. The van der Waals surface area contributed by atoms with E-state index in [4.69, 9.17) is 14.2 Å². The van der Waals surface area contributed by atoms with Gasteiger partial charge in [-0.25, -0.2) is 0 Å². The third-order valence-corrected chi connectivity index (χ3v) is 9.15. The van der Waals surface area contributed by atoms with Crippen molar-refractivity contribution < 1.29 is 28.9 Å². The van der Waals surface area contributed by atoms with Crippen LogP contribution in [0, 0.1) is 35.5 Å². The second-order valence-corrected chi connectivity index (χ2v) is 10.8. The molecule has 5 aliphatic rings. The van der Waals surface area contributed by atoms with Crippen molar-refractivity contribution in [2.24, 2.45) is 35.5 Å². The molecule has 4 aliphatic carbocycles. The number of halogens is 1. The first-order valence-electron chi connectivity index (χ1n) is 11.7.